The highest BCUT2D eigenvalue weighted by molar-refractivity contribution is 5.80. The summed E-state index contributed by atoms with van der Waals surface area (Å²) in [7, 11) is 1.63. The molecule has 0 radical (unpaired) electrons. The molecule has 2 atom stereocenters. The van der Waals surface area contributed by atoms with Gasteiger partial charge in [0.1, 0.15) is 5.75 Å². The first kappa shape index (κ1) is 23.0. The van der Waals surface area contributed by atoms with Crippen molar-refractivity contribution in [1.29, 1.82) is 0 Å². The van der Waals surface area contributed by atoms with Crippen molar-refractivity contribution in [2.45, 2.75) is 83.1 Å². The van der Waals surface area contributed by atoms with E-state index in [1.165, 1.54) is 12.8 Å². The summed E-state index contributed by atoms with van der Waals surface area (Å²) >= 11 is 0. The molecule has 2 aromatic heterocycles. The monoisotopic (exact) mass is 466 g/mol. The van der Waals surface area contributed by atoms with E-state index < -0.39 is 0 Å². The van der Waals surface area contributed by atoms with Crippen LogP contribution in [0.3, 0.4) is 0 Å². The SMILES string of the molecule is CC[C@H](c1nnnn1C[C@H]1CCCO1)N(Cc1cc2ccc(OC)cc2[nH]c1=O)C1CCCC1. The molecule has 1 aliphatic carbocycles. The van der Waals surface area contributed by atoms with Gasteiger partial charge in [-0.15, -0.1) is 5.10 Å². The van der Waals surface area contributed by atoms with E-state index in [1.54, 1.807) is 7.11 Å². The maximum absolute atomic E-state index is 13.1. The molecular formula is C25H34N6O3. The number of nitrogens with zero attached hydrogens (tertiary/aromatic N) is 5. The Kier molecular flexibility index (Phi) is 6.92. The van der Waals surface area contributed by atoms with E-state index in [2.05, 4.69) is 32.3 Å². The van der Waals surface area contributed by atoms with Gasteiger partial charge in [-0.25, -0.2) is 4.68 Å². The molecule has 0 unspecified atom stereocenters. The summed E-state index contributed by atoms with van der Waals surface area (Å²) in [6, 6.07) is 8.23. The van der Waals surface area contributed by atoms with Crippen LogP contribution in [0.25, 0.3) is 10.9 Å². The number of methoxy groups -OCH3 is 1. The van der Waals surface area contributed by atoms with Crippen LogP contribution in [0.5, 0.6) is 5.75 Å². The molecule has 1 aliphatic heterocycles. The molecule has 182 valence electrons. The quantitative estimate of drug-likeness (QED) is 0.514. The smallest absolute Gasteiger partial charge is 0.252 e. The fourth-order valence-electron chi connectivity index (χ4n) is 5.52. The van der Waals surface area contributed by atoms with E-state index in [-0.39, 0.29) is 17.7 Å². The standard InChI is InChI=1S/C25H34N6O3/c1-3-23(24-27-28-29-31(24)16-21-9-6-12-34-21)30(19-7-4-5-8-19)15-18-13-17-10-11-20(33-2)14-22(17)26-25(18)32/h10-11,13-14,19,21,23H,3-9,12,15-16H2,1-2H3,(H,26,32)/t21-,23-/m1/s1. The molecule has 1 saturated carbocycles. The number of aromatic amines is 1. The van der Waals surface area contributed by atoms with Gasteiger partial charge in [-0.2, -0.15) is 0 Å². The molecule has 0 bridgehead atoms. The number of pyridine rings is 1. The van der Waals surface area contributed by atoms with Crippen LogP contribution in [-0.2, 0) is 17.8 Å². The molecule has 0 spiro atoms. The molecule has 3 heterocycles. The number of rotatable bonds is 9. The van der Waals surface area contributed by atoms with Crippen molar-refractivity contribution in [3.05, 3.63) is 46.0 Å². The number of hydrogen-bond acceptors (Lipinski definition) is 7. The van der Waals surface area contributed by atoms with Gasteiger partial charge in [0.25, 0.3) is 5.56 Å². The highest BCUT2D eigenvalue weighted by Crippen LogP contribution is 2.34. The summed E-state index contributed by atoms with van der Waals surface area (Å²) in [5.74, 6) is 1.60. The first-order valence-electron chi connectivity index (χ1n) is 12.5. The molecule has 1 saturated heterocycles. The minimum atomic E-state index is -0.0578. The first-order chi connectivity index (χ1) is 16.7. The lowest BCUT2D eigenvalue weighted by Gasteiger charge is -2.35. The van der Waals surface area contributed by atoms with Gasteiger partial charge >= 0.3 is 0 Å². The Hall–Kier alpha value is -2.78. The van der Waals surface area contributed by atoms with Crippen molar-refractivity contribution >= 4 is 10.9 Å². The Morgan fingerprint density at radius 2 is 2.09 bits per heavy atom. The molecule has 2 fully saturated rings. The number of benzene rings is 1. The maximum atomic E-state index is 13.1. The lowest BCUT2D eigenvalue weighted by atomic mass is 10.0. The zero-order valence-corrected chi connectivity index (χ0v) is 20.1. The van der Waals surface area contributed by atoms with Crippen LogP contribution in [0.15, 0.2) is 29.1 Å². The van der Waals surface area contributed by atoms with Crippen LogP contribution in [0, 0.1) is 0 Å². The van der Waals surface area contributed by atoms with E-state index in [0.717, 1.165) is 66.8 Å². The van der Waals surface area contributed by atoms with Gasteiger partial charge in [-0.05, 0) is 66.1 Å². The number of nitrogens with one attached hydrogen (secondary N) is 1. The molecular weight excluding hydrogens is 432 g/mol. The molecule has 3 aromatic rings. The average Bonchev–Trinajstić information content (AvgIpc) is 3.63. The van der Waals surface area contributed by atoms with Crippen molar-refractivity contribution in [2.75, 3.05) is 13.7 Å². The molecule has 1 N–H and O–H groups in total. The van der Waals surface area contributed by atoms with Gasteiger partial charge in [0.2, 0.25) is 0 Å². The summed E-state index contributed by atoms with van der Waals surface area (Å²) < 4.78 is 13.1. The molecule has 9 heteroatoms. The molecule has 9 nitrogen and oxygen atoms in total. The van der Waals surface area contributed by atoms with Gasteiger partial charge in [0, 0.05) is 30.8 Å². The number of hydrogen-bond donors (Lipinski definition) is 1. The lowest BCUT2D eigenvalue weighted by molar-refractivity contribution is 0.0839. The minimum Gasteiger partial charge on any atom is -0.497 e. The molecule has 2 aliphatic rings. The largest absolute Gasteiger partial charge is 0.497 e. The highest BCUT2D eigenvalue weighted by Gasteiger charge is 2.33. The number of H-pyrrole nitrogens is 1. The molecule has 1 aromatic carbocycles. The second-order valence-electron chi connectivity index (χ2n) is 9.47. The zero-order valence-electron chi connectivity index (χ0n) is 20.1. The average molecular weight is 467 g/mol. The first-order valence-corrected chi connectivity index (χ1v) is 12.5. The van der Waals surface area contributed by atoms with Gasteiger partial charge in [0.05, 0.1) is 31.3 Å². The number of tetrazole rings is 1. The van der Waals surface area contributed by atoms with Crippen LogP contribution in [0.1, 0.15) is 69.3 Å². The Balaban J connectivity index is 1.46. The number of ether oxygens (including phenoxy) is 2. The third kappa shape index (κ3) is 4.72. The van der Waals surface area contributed by atoms with E-state index in [9.17, 15) is 4.79 Å². The predicted molar refractivity (Wildman–Crippen MR) is 129 cm³/mol. The fourth-order valence-corrected chi connectivity index (χ4v) is 5.52. The van der Waals surface area contributed by atoms with Crippen molar-refractivity contribution in [3.63, 3.8) is 0 Å². The zero-order chi connectivity index (χ0) is 23.5. The van der Waals surface area contributed by atoms with E-state index >= 15 is 0 Å². The number of fused-ring (bicyclic) bond motifs is 1. The van der Waals surface area contributed by atoms with Crippen LogP contribution in [0.2, 0.25) is 0 Å². The third-order valence-electron chi connectivity index (χ3n) is 7.32. The normalized spacial score (nSPS) is 19.9. The van der Waals surface area contributed by atoms with E-state index in [4.69, 9.17) is 9.47 Å². The van der Waals surface area contributed by atoms with Gasteiger partial charge in [-0.1, -0.05) is 19.8 Å². The summed E-state index contributed by atoms with van der Waals surface area (Å²) in [5, 5.41) is 13.8. The van der Waals surface area contributed by atoms with Gasteiger partial charge in [0.15, 0.2) is 5.82 Å². The predicted octanol–water partition coefficient (Wildman–Crippen LogP) is 3.60. The Labute approximate surface area is 199 Å². The Morgan fingerprint density at radius 3 is 2.82 bits per heavy atom. The summed E-state index contributed by atoms with van der Waals surface area (Å²) in [5.41, 5.74) is 1.49. The molecule has 5 rings (SSSR count). The van der Waals surface area contributed by atoms with E-state index in [0.29, 0.717) is 19.1 Å². The van der Waals surface area contributed by atoms with Crippen LogP contribution >= 0.6 is 0 Å². The maximum Gasteiger partial charge on any atom is 0.252 e. The number of aromatic nitrogens is 5. The lowest BCUT2D eigenvalue weighted by Crippen LogP contribution is -2.39. The second-order valence-corrected chi connectivity index (χ2v) is 9.47. The molecule has 0 amide bonds. The third-order valence-corrected chi connectivity index (χ3v) is 7.32. The Morgan fingerprint density at radius 1 is 1.24 bits per heavy atom. The summed E-state index contributed by atoms with van der Waals surface area (Å²) in [4.78, 5) is 18.6. The van der Waals surface area contributed by atoms with Crippen molar-refractivity contribution in [2.24, 2.45) is 0 Å². The Bertz CT molecular complexity index is 1160. The molecule has 34 heavy (non-hydrogen) atoms. The van der Waals surface area contributed by atoms with Gasteiger partial charge in [-0.3, -0.25) is 9.69 Å². The van der Waals surface area contributed by atoms with E-state index in [1.807, 2.05) is 28.9 Å². The van der Waals surface area contributed by atoms with Crippen LogP contribution < -0.4 is 10.3 Å². The highest BCUT2D eigenvalue weighted by atomic mass is 16.5. The summed E-state index contributed by atoms with van der Waals surface area (Å²) in [6.45, 7) is 4.22. The van der Waals surface area contributed by atoms with Crippen LogP contribution in [-0.4, -0.2) is 56.0 Å². The van der Waals surface area contributed by atoms with Crippen LogP contribution in [0.4, 0.5) is 0 Å². The van der Waals surface area contributed by atoms with Crippen molar-refractivity contribution in [3.8, 4) is 5.75 Å². The summed E-state index contributed by atoms with van der Waals surface area (Å²) in [6.07, 6.45) is 7.85. The van der Waals surface area contributed by atoms with Crippen molar-refractivity contribution in [1.82, 2.24) is 30.1 Å². The fraction of sp³-hybridized carbons (Fsp3) is 0.600. The second kappa shape index (κ2) is 10.2. The minimum absolute atomic E-state index is 0.0328. The van der Waals surface area contributed by atoms with Crippen molar-refractivity contribution < 1.29 is 9.47 Å². The van der Waals surface area contributed by atoms with Gasteiger partial charge < -0.3 is 14.5 Å². The topological polar surface area (TPSA) is 98.2 Å².